The van der Waals surface area contributed by atoms with Crippen LogP contribution in [0.2, 0.25) is 0 Å². The lowest BCUT2D eigenvalue weighted by Gasteiger charge is -2.29. The smallest absolute Gasteiger partial charge is 0.328 e. The first-order valence-corrected chi connectivity index (χ1v) is 13.4. The number of nitrogens with zero attached hydrogens (tertiary/aromatic N) is 1. The Morgan fingerprint density at radius 2 is 1.39 bits per heavy atom. The molecule has 1 aromatic heterocycles. The monoisotopic (exact) mass is 580 g/mol. The molecule has 9 nitrogen and oxygen atoms in total. The van der Waals surface area contributed by atoms with E-state index in [1.165, 1.54) is 20.2 Å². The summed E-state index contributed by atoms with van der Waals surface area (Å²) in [7, 11) is 4.66. The number of esters is 2. The molecular weight excluding hydrogens is 544 g/mol. The molecule has 0 saturated carbocycles. The van der Waals surface area contributed by atoms with Gasteiger partial charge in [0.25, 0.3) is 0 Å². The topological polar surface area (TPSA) is 105 Å². The van der Waals surface area contributed by atoms with Gasteiger partial charge in [0.2, 0.25) is 5.75 Å². The summed E-state index contributed by atoms with van der Waals surface area (Å²) in [6.45, 7) is 8.68. The van der Waals surface area contributed by atoms with E-state index >= 15 is 0 Å². The van der Waals surface area contributed by atoms with Crippen molar-refractivity contribution in [2.45, 2.75) is 52.7 Å². The second-order valence-electron chi connectivity index (χ2n) is 9.59. The second kappa shape index (κ2) is 13.9. The van der Waals surface area contributed by atoms with Crippen molar-refractivity contribution >= 4 is 29.1 Å². The molecule has 2 atom stereocenters. The molecule has 0 spiro atoms. The average Bonchev–Trinajstić information content (AvgIpc) is 2.94. The van der Waals surface area contributed by atoms with Gasteiger partial charge in [-0.25, -0.2) is 9.78 Å². The second-order valence-corrected chi connectivity index (χ2v) is 10.00. The van der Waals surface area contributed by atoms with Crippen LogP contribution in [0, 0.1) is 13.8 Å². The van der Waals surface area contributed by atoms with Crippen LogP contribution in [0.3, 0.4) is 0 Å². The van der Waals surface area contributed by atoms with Gasteiger partial charge in [-0.15, -0.1) is 0 Å². The van der Waals surface area contributed by atoms with Crippen molar-refractivity contribution in [3.8, 4) is 23.0 Å². The minimum Gasteiger partial charge on any atom is -0.496 e. The van der Waals surface area contributed by atoms with E-state index in [4.69, 9.17) is 35.9 Å². The van der Waals surface area contributed by atoms with Crippen molar-refractivity contribution in [2.75, 3.05) is 21.3 Å². The lowest BCUT2D eigenvalue weighted by Crippen LogP contribution is -2.41. The maximum Gasteiger partial charge on any atom is 0.328 e. The van der Waals surface area contributed by atoms with Gasteiger partial charge < -0.3 is 29.0 Å². The molecule has 3 aromatic rings. The molecule has 10 heteroatoms. The van der Waals surface area contributed by atoms with Gasteiger partial charge in [-0.1, -0.05) is 36.5 Å². The normalized spacial score (nSPS) is 12.2. The van der Waals surface area contributed by atoms with E-state index in [-0.39, 0.29) is 22.2 Å². The number of rotatable bonds is 11. The number of carbonyl (C=O) groups excluding carboxylic acids is 2. The number of benzene rings is 2. The SMILES string of the molecule is COc1cc(C)ccc1C(c1ccc(C)cc1OC)[C@H](C)OC(=O)[C@H](C)NC(=S)c1nccc(OC)c1OC(C)=O. The number of pyridine rings is 1. The number of hydrogen-bond donors (Lipinski definition) is 1. The molecule has 0 amide bonds. The molecule has 0 saturated heterocycles. The van der Waals surface area contributed by atoms with E-state index in [1.54, 1.807) is 27.2 Å². The summed E-state index contributed by atoms with van der Waals surface area (Å²) in [6.07, 6.45) is 0.842. The Kier molecular flexibility index (Phi) is 10.7. The molecular formula is C31H36N2O7S. The molecule has 0 radical (unpaired) electrons. The number of carbonyl (C=O) groups is 2. The molecule has 0 aliphatic rings. The Morgan fingerprint density at radius 1 is 0.854 bits per heavy atom. The number of methoxy groups -OCH3 is 3. The quantitative estimate of drug-likeness (QED) is 0.244. The third kappa shape index (κ3) is 7.52. The highest BCUT2D eigenvalue weighted by atomic mass is 32.1. The first kappa shape index (κ1) is 31.3. The standard InChI is InChI=1S/C31H36N2O7S/c1-17-9-11-22(25(15-17)37-7)27(23-12-10-18(2)16-26(23)38-8)20(4)39-31(35)19(3)33-30(41)28-29(40-21(5)34)24(36-6)13-14-32-28/h9-16,19-20,27H,1-8H3,(H,33,41)/t19-,20-/m0/s1. The summed E-state index contributed by atoms with van der Waals surface area (Å²) in [5, 5.41) is 2.94. The van der Waals surface area contributed by atoms with Crippen molar-refractivity contribution in [2.24, 2.45) is 0 Å². The van der Waals surface area contributed by atoms with Crippen molar-refractivity contribution in [3.63, 3.8) is 0 Å². The number of aryl methyl sites for hydroxylation is 2. The minimum atomic E-state index is -0.858. The lowest BCUT2D eigenvalue weighted by atomic mass is 9.85. The maximum atomic E-state index is 13.4. The summed E-state index contributed by atoms with van der Waals surface area (Å²) < 4.78 is 28.0. The zero-order valence-electron chi connectivity index (χ0n) is 24.6. The highest BCUT2D eigenvalue weighted by molar-refractivity contribution is 7.80. The molecule has 0 unspecified atom stereocenters. The van der Waals surface area contributed by atoms with Gasteiger partial charge in [-0.2, -0.15) is 0 Å². The third-order valence-corrected chi connectivity index (χ3v) is 6.78. The summed E-state index contributed by atoms with van der Waals surface area (Å²) in [5.41, 5.74) is 3.94. The van der Waals surface area contributed by atoms with Crippen LogP contribution in [0.1, 0.15) is 54.6 Å². The number of ether oxygens (including phenoxy) is 5. The first-order chi connectivity index (χ1) is 19.5. The van der Waals surface area contributed by atoms with Crippen LogP contribution in [-0.4, -0.2) is 55.4 Å². The van der Waals surface area contributed by atoms with Crippen LogP contribution in [0.5, 0.6) is 23.0 Å². The molecule has 0 bridgehead atoms. The maximum absolute atomic E-state index is 13.4. The van der Waals surface area contributed by atoms with Gasteiger partial charge in [0.05, 0.1) is 27.2 Å². The molecule has 1 N–H and O–H groups in total. The summed E-state index contributed by atoms with van der Waals surface area (Å²) in [4.78, 5) is 29.4. The number of hydrogen-bond acceptors (Lipinski definition) is 9. The Hall–Kier alpha value is -4.18. The molecule has 0 aliphatic heterocycles. The largest absolute Gasteiger partial charge is 0.496 e. The van der Waals surface area contributed by atoms with E-state index in [0.717, 1.165) is 22.3 Å². The Balaban J connectivity index is 1.90. The molecule has 41 heavy (non-hydrogen) atoms. The fourth-order valence-corrected chi connectivity index (χ4v) is 4.82. The zero-order valence-corrected chi connectivity index (χ0v) is 25.4. The van der Waals surface area contributed by atoms with Gasteiger partial charge in [0.1, 0.15) is 34.3 Å². The Bertz CT molecular complexity index is 1370. The Labute approximate surface area is 246 Å². The molecule has 1 heterocycles. The number of thiocarbonyl (C=S) groups is 1. The fourth-order valence-electron chi connectivity index (χ4n) is 4.50. The summed E-state index contributed by atoms with van der Waals surface area (Å²) >= 11 is 5.51. The van der Waals surface area contributed by atoms with Crippen LogP contribution >= 0.6 is 12.2 Å². The van der Waals surface area contributed by atoms with E-state index in [2.05, 4.69) is 10.3 Å². The zero-order chi connectivity index (χ0) is 30.3. The van der Waals surface area contributed by atoms with Crippen LogP contribution in [0.15, 0.2) is 48.7 Å². The Morgan fingerprint density at radius 3 is 1.88 bits per heavy atom. The van der Waals surface area contributed by atoms with Gasteiger partial charge >= 0.3 is 11.9 Å². The molecule has 2 aromatic carbocycles. The van der Waals surface area contributed by atoms with Gasteiger partial charge in [0, 0.05) is 30.3 Å². The third-order valence-electron chi connectivity index (χ3n) is 6.47. The molecule has 0 aliphatic carbocycles. The van der Waals surface area contributed by atoms with Crippen molar-refractivity contribution in [1.29, 1.82) is 0 Å². The molecule has 3 rings (SSSR count). The van der Waals surface area contributed by atoms with Crippen molar-refractivity contribution in [3.05, 3.63) is 76.6 Å². The number of nitrogens with one attached hydrogen (secondary N) is 1. The van der Waals surface area contributed by atoms with Crippen LogP contribution in [0.4, 0.5) is 0 Å². The van der Waals surface area contributed by atoms with Crippen molar-refractivity contribution in [1.82, 2.24) is 10.3 Å². The predicted molar refractivity (Wildman–Crippen MR) is 159 cm³/mol. The van der Waals surface area contributed by atoms with E-state index in [9.17, 15) is 9.59 Å². The molecule has 218 valence electrons. The van der Waals surface area contributed by atoms with Crippen LogP contribution in [-0.2, 0) is 14.3 Å². The highest BCUT2D eigenvalue weighted by Gasteiger charge is 2.32. The predicted octanol–water partition coefficient (Wildman–Crippen LogP) is 5.07. The average molecular weight is 581 g/mol. The van der Waals surface area contributed by atoms with E-state index < -0.39 is 30.0 Å². The van der Waals surface area contributed by atoms with Gasteiger partial charge in [0.15, 0.2) is 5.75 Å². The molecule has 0 fully saturated rings. The fraction of sp³-hybridized carbons (Fsp3) is 0.355. The van der Waals surface area contributed by atoms with Crippen LogP contribution < -0.4 is 24.3 Å². The highest BCUT2D eigenvalue weighted by Crippen LogP contribution is 2.40. The summed E-state index contributed by atoms with van der Waals surface area (Å²) in [6, 6.07) is 12.5. The lowest BCUT2D eigenvalue weighted by molar-refractivity contribution is -0.150. The minimum absolute atomic E-state index is 0.0620. The van der Waals surface area contributed by atoms with Crippen LogP contribution in [0.25, 0.3) is 0 Å². The van der Waals surface area contributed by atoms with Gasteiger partial charge in [-0.3, -0.25) is 4.79 Å². The first-order valence-electron chi connectivity index (χ1n) is 13.0. The van der Waals surface area contributed by atoms with E-state index in [1.807, 2.05) is 57.2 Å². The van der Waals surface area contributed by atoms with E-state index in [0.29, 0.717) is 11.5 Å². The summed E-state index contributed by atoms with van der Waals surface area (Å²) in [5.74, 6) is 0.182. The van der Waals surface area contributed by atoms with Gasteiger partial charge in [-0.05, 0) is 51.0 Å². The number of aromatic nitrogens is 1. The van der Waals surface area contributed by atoms with Crippen molar-refractivity contribution < 1.29 is 33.3 Å².